The molecular weight excluding hydrogens is 236 g/mol. The number of carboxylic acids is 1. The smallest absolute Gasteiger partial charge is 0.342 e. The van der Waals surface area contributed by atoms with E-state index in [0.29, 0.717) is 12.2 Å². The highest BCUT2D eigenvalue weighted by Gasteiger charge is 2.27. The van der Waals surface area contributed by atoms with Crippen molar-refractivity contribution in [3.05, 3.63) is 33.9 Å². The van der Waals surface area contributed by atoms with Crippen molar-refractivity contribution in [2.75, 3.05) is 11.4 Å². The maximum atomic E-state index is 11.1. The molecule has 6 nitrogen and oxygen atoms in total. The van der Waals surface area contributed by atoms with Crippen LogP contribution in [0.25, 0.3) is 0 Å². The van der Waals surface area contributed by atoms with Crippen LogP contribution in [0.3, 0.4) is 0 Å². The topological polar surface area (TPSA) is 83.7 Å². The van der Waals surface area contributed by atoms with E-state index in [9.17, 15) is 14.9 Å². The minimum atomic E-state index is -1.29. The second kappa shape index (κ2) is 5.48. The molecule has 0 heterocycles. The number of hydrogen-bond acceptors (Lipinski definition) is 4. The first-order valence-electron chi connectivity index (χ1n) is 5.67. The highest BCUT2D eigenvalue weighted by molar-refractivity contribution is 5.95. The number of benzene rings is 1. The van der Waals surface area contributed by atoms with Crippen molar-refractivity contribution in [1.29, 1.82) is 0 Å². The summed E-state index contributed by atoms with van der Waals surface area (Å²) in [6.45, 7) is 6.25. The Morgan fingerprint density at radius 3 is 2.50 bits per heavy atom. The second-order valence-corrected chi connectivity index (χ2v) is 4.12. The summed E-state index contributed by atoms with van der Waals surface area (Å²) >= 11 is 0. The second-order valence-electron chi connectivity index (χ2n) is 4.12. The van der Waals surface area contributed by atoms with Crippen LogP contribution in [0, 0.1) is 10.1 Å². The van der Waals surface area contributed by atoms with E-state index in [2.05, 4.69) is 0 Å². The maximum Gasteiger partial charge on any atom is 0.342 e. The molecule has 0 bridgehead atoms. The van der Waals surface area contributed by atoms with E-state index in [1.807, 2.05) is 20.8 Å². The lowest BCUT2D eigenvalue weighted by molar-refractivity contribution is -0.384. The van der Waals surface area contributed by atoms with Crippen LogP contribution in [0.15, 0.2) is 18.2 Å². The van der Waals surface area contributed by atoms with Gasteiger partial charge >= 0.3 is 11.7 Å². The first kappa shape index (κ1) is 14.0. The molecule has 1 N–H and O–H groups in total. The number of carbonyl (C=O) groups is 1. The minimum Gasteiger partial charge on any atom is -0.477 e. The van der Waals surface area contributed by atoms with E-state index in [4.69, 9.17) is 5.11 Å². The SMILES string of the molecule is CCN(c1cccc(C(=O)O)c1[N+](=O)[O-])C(C)C. The van der Waals surface area contributed by atoms with Gasteiger partial charge in [0, 0.05) is 12.6 Å². The van der Waals surface area contributed by atoms with Gasteiger partial charge in [-0.05, 0) is 32.9 Å². The molecule has 0 unspecified atom stereocenters. The molecule has 0 saturated carbocycles. The summed E-state index contributed by atoms with van der Waals surface area (Å²) in [6.07, 6.45) is 0. The molecule has 98 valence electrons. The van der Waals surface area contributed by atoms with Gasteiger partial charge in [-0.15, -0.1) is 0 Å². The fraction of sp³-hybridized carbons (Fsp3) is 0.417. The highest BCUT2D eigenvalue weighted by atomic mass is 16.6. The highest BCUT2D eigenvalue weighted by Crippen LogP contribution is 2.32. The molecule has 0 aliphatic rings. The number of nitrogens with zero attached hydrogens (tertiary/aromatic N) is 2. The van der Waals surface area contributed by atoms with Gasteiger partial charge in [0.05, 0.1) is 4.92 Å². The molecule has 0 spiro atoms. The Morgan fingerprint density at radius 2 is 2.11 bits per heavy atom. The van der Waals surface area contributed by atoms with Crippen molar-refractivity contribution in [3.8, 4) is 0 Å². The van der Waals surface area contributed by atoms with Crippen molar-refractivity contribution in [2.24, 2.45) is 0 Å². The third kappa shape index (κ3) is 2.58. The number of aromatic carboxylic acids is 1. The molecule has 0 aliphatic heterocycles. The molecule has 0 fully saturated rings. The first-order chi connectivity index (χ1) is 8.40. The molecule has 0 aromatic heterocycles. The van der Waals surface area contributed by atoms with Gasteiger partial charge in [-0.25, -0.2) is 4.79 Å². The van der Waals surface area contributed by atoms with Crippen LogP contribution in [0.5, 0.6) is 0 Å². The number of nitro groups is 1. The Morgan fingerprint density at radius 1 is 1.50 bits per heavy atom. The van der Waals surface area contributed by atoms with Gasteiger partial charge in [0.1, 0.15) is 11.3 Å². The summed E-state index contributed by atoms with van der Waals surface area (Å²) in [6, 6.07) is 4.40. The van der Waals surface area contributed by atoms with E-state index in [1.165, 1.54) is 12.1 Å². The van der Waals surface area contributed by atoms with Crippen LogP contribution in [-0.4, -0.2) is 28.6 Å². The van der Waals surface area contributed by atoms with E-state index < -0.39 is 10.9 Å². The van der Waals surface area contributed by atoms with Crippen molar-refractivity contribution < 1.29 is 14.8 Å². The number of carboxylic acid groups (broad SMARTS) is 1. The third-order valence-corrected chi connectivity index (χ3v) is 2.70. The zero-order valence-electron chi connectivity index (χ0n) is 10.6. The van der Waals surface area contributed by atoms with Gasteiger partial charge in [-0.2, -0.15) is 0 Å². The summed E-state index contributed by atoms with van der Waals surface area (Å²) in [5, 5.41) is 20.1. The number of nitro benzene ring substituents is 1. The van der Waals surface area contributed by atoms with Crippen molar-refractivity contribution in [1.82, 2.24) is 0 Å². The Labute approximate surface area is 105 Å². The van der Waals surface area contributed by atoms with Crippen LogP contribution in [0.2, 0.25) is 0 Å². The lowest BCUT2D eigenvalue weighted by Gasteiger charge is -2.27. The molecule has 6 heteroatoms. The van der Waals surface area contributed by atoms with Crippen LogP contribution in [0.4, 0.5) is 11.4 Å². The van der Waals surface area contributed by atoms with Crippen LogP contribution >= 0.6 is 0 Å². The molecule has 0 atom stereocenters. The number of anilines is 1. The van der Waals surface area contributed by atoms with Gasteiger partial charge < -0.3 is 10.0 Å². The average Bonchev–Trinajstić information content (AvgIpc) is 2.28. The Hall–Kier alpha value is -2.11. The quantitative estimate of drug-likeness (QED) is 0.643. The molecule has 0 amide bonds. The average molecular weight is 252 g/mol. The molecular formula is C12H16N2O4. The van der Waals surface area contributed by atoms with E-state index >= 15 is 0 Å². The zero-order chi connectivity index (χ0) is 13.9. The molecule has 0 radical (unpaired) electrons. The summed E-state index contributed by atoms with van der Waals surface area (Å²) in [7, 11) is 0. The number of hydrogen-bond donors (Lipinski definition) is 1. The van der Waals surface area contributed by atoms with E-state index in [0.717, 1.165) is 0 Å². The van der Waals surface area contributed by atoms with Crippen molar-refractivity contribution in [3.63, 3.8) is 0 Å². The van der Waals surface area contributed by atoms with Crippen molar-refractivity contribution >= 4 is 17.3 Å². The van der Waals surface area contributed by atoms with Gasteiger partial charge in [0.25, 0.3) is 0 Å². The van der Waals surface area contributed by atoms with Gasteiger partial charge in [0.2, 0.25) is 0 Å². The summed E-state index contributed by atoms with van der Waals surface area (Å²) in [5.41, 5.74) is -0.283. The largest absolute Gasteiger partial charge is 0.477 e. The lowest BCUT2D eigenvalue weighted by atomic mass is 10.1. The molecule has 1 aromatic carbocycles. The summed E-state index contributed by atoms with van der Waals surface area (Å²) in [5.74, 6) is -1.29. The Bertz CT molecular complexity index is 471. The third-order valence-electron chi connectivity index (χ3n) is 2.70. The summed E-state index contributed by atoms with van der Waals surface area (Å²) < 4.78 is 0. The molecule has 0 aliphatic carbocycles. The normalized spacial score (nSPS) is 10.4. The van der Waals surface area contributed by atoms with Crippen molar-refractivity contribution in [2.45, 2.75) is 26.8 Å². The lowest BCUT2D eigenvalue weighted by Crippen LogP contribution is -2.31. The minimum absolute atomic E-state index is 0.0535. The molecule has 1 aromatic rings. The monoisotopic (exact) mass is 252 g/mol. The predicted molar refractivity (Wildman–Crippen MR) is 68.2 cm³/mol. The van der Waals surface area contributed by atoms with Crippen LogP contribution in [-0.2, 0) is 0 Å². The van der Waals surface area contributed by atoms with Crippen LogP contribution in [0.1, 0.15) is 31.1 Å². The maximum absolute atomic E-state index is 11.1. The summed E-state index contributed by atoms with van der Waals surface area (Å²) in [4.78, 5) is 23.3. The molecule has 18 heavy (non-hydrogen) atoms. The fourth-order valence-electron chi connectivity index (χ4n) is 1.94. The molecule has 0 saturated heterocycles. The Balaban J connectivity index is 3.48. The Kier molecular flexibility index (Phi) is 4.25. The fourth-order valence-corrected chi connectivity index (χ4v) is 1.94. The first-order valence-corrected chi connectivity index (χ1v) is 5.67. The molecule has 1 rings (SSSR count). The van der Waals surface area contributed by atoms with E-state index in [1.54, 1.807) is 11.0 Å². The van der Waals surface area contributed by atoms with Gasteiger partial charge in [-0.1, -0.05) is 6.07 Å². The predicted octanol–water partition coefficient (Wildman–Crippen LogP) is 2.53. The van der Waals surface area contributed by atoms with Crippen LogP contribution < -0.4 is 4.90 Å². The van der Waals surface area contributed by atoms with Gasteiger partial charge in [-0.3, -0.25) is 10.1 Å². The standard InChI is InChI=1S/C12H16N2O4/c1-4-13(8(2)3)10-7-5-6-9(12(15)16)11(10)14(17)18/h5-8H,4H2,1-3H3,(H,15,16). The van der Waals surface area contributed by atoms with Gasteiger partial charge in [0.15, 0.2) is 0 Å². The zero-order valence-corrected chi connectivity index (χ0v) is 10.6. The number of rotatable bonds is 5. The van der Waals surface area contributed by atoms with E-state index in [-0.39, 0.29) is 17.3 Å². The number of para-hydroxylation sites is 1.